The summed E-state index contributed by atoms with van der Waals surface area (Å²) in [6.45, 7) is 3.89. The molecule has 7 nitrogen and oxygen atoms in total. The second-order valence-corrected chi connectivity index (χ2v) is 7.00. The Morgan fingerprint density at radius 3 is 2.39 bits per heavy atom. The molecule has 0 aliphatic rings. The molecular weight excluding hydrogens is 376 g/mol. The van der Waals surface area contributed by atoms with Gasteiger partial charge in [0.2, 0.25) is 0 Å². The lowest BCUT2D eigenvalue weighted by Gasteiger charge is -2.10. The quantitative estimate of drug-likeness (QED) is 0.585. The minimum Gasteiger partial charge on any atom is -0.495 e. The van der Waals surface area contributed by atoms with Crippen molar-refractivity contribution in [1.29, 1.82) is 0 Å². The van der Waals surface area contributed by atoms with Gasteiger partial charge in [0.15, 0.2) is 5.13 Å². The second-order valence-electron chi connectivity index (χ2n) is 6.14. The molecule has 0 bridgehead atoms. The minimum absolute atomic E-state index is 0.208. The van der Waals surface area contributed by atoms with Gasteiger partial charge in [-0.3, -0.25) is 10.1 Å². The Bertz CT molecular complexity index is 999. The maximum atomic E-state index is 12.5. The number of carbonyl (C=O) groups is 2. The standard InChI is InChI=1S/C20H20N4O3S/c1-12-4-7-14(8-5-12)21-19(26)24-20-23-16(11-28-20)18(25)22-15-10-13(2)6-9-17(15)27-3/h4-11H,1-3H3,(H,22,25)(H2,21,23,24,26). The van der Waals surface area contributed by atoms with Gasteiger partial charge in [0, 0.05) is 11.1 Å². The smallest absolute Gasteiger partial charge is 0.325 e. The first-order valence-electron chi connectivity index (χ1n) is 8.51. The van der Waals surface area contributed by atoms with Crippen LogP contribution in [0, 0.1) is 13.8 Å². The van der Waals surface area contributed by atoms with Crippen molar-refractivity contribution < 1.29 is 14.3 Å². The van der Waals surface area contributed by atoms with Crippen LogP contribution in [0.25, 0.3) is 0 Å². The Morgan fingerprint density at radius 2 is 1.68 bits per heavy atom. The fourth-order valence-electron chi connectivity index (χ4n) is 2.44. The molecule has 0 radical (unpaired) electrons. The van der Waals surface area contributed by atoms with Gasteiger partial charge in [-0.1, -0.05) is 23.8 Å². The number of aromatic nitrogens is 1. The lowest BCUT2D eigenvalue weighted by Crippen LogP contribution is -2.19. The summed E-state index contributed by atoms with van der Waals surface area (Å²) in [4.78, 5) is 28.7. The molecule has 0 fully saturated rings. The maximum absolute atomic E-state index is 12.5. The number of ether oxygens (including phenoxy) is 1. The molecule has 0 saturated heterocycles. The van der Waals surface area contributed by atoms with Crippen molar-refractivity contribution in [1.82, 2.24) is 4.98 Å². The fraction of sp³-hybridized carbons (Fsp3) is 0.150. The molecule has 3 aromatic rings. The number of amides is 3. The van der Waals surface area contributed by atoms with Crippen molar-refractivity contribution in [3.8, 4) is 5.75 Å². The summed E-state index contributed by atoms with van der Waals surface area (Å²) < 4.78 is 5.26. The van der Waals surface area contributed by atoms with Crippen LogP contribution in [0.15, 0.2) is 47.8 Å². The van der Waals surface area contributed by atoms with Gasteiger partial charge in [0.25, 0.3) is 5.91 Å². The number of anilines is 3. The van der Waals surface area contributed by atoms with Gasteiger partial charge in [-0.15, -0.1) is 11.3 Å². The molecule has 0 aliphatic heterocycles. The first-order chi connectivity index (χ1) is 13.4. The predicted molar refractivity (Wildman–Crippen MR) is 112 cm³/mol. The molecule has 0 aliphatic carbocycles. The van der Waals surface area contributed by atoms with E-state index in [4.69, 9.17) is 4.74 Å². The predicted octanol–water partition coefficient (Wildman–Crippen LogP) is 4.66. The summed E-state index contributed by atoms with van der Waals surface area (Å²) in [6.07, 6.45) is 0. The highest BCUT2D eigenvalue weighted by atomic mass is 32.1. The molecule has 1 aromatic heterocycles. The second kappa shape index (κ2) is 8.53. The molecule has 28 heavy (non-hydrogen) atoms. The van der Waals surface area contributed by atoms with Gasteiger partial charge >= 0.3 is 6.03 Å². The van der Waals surface area contributed by atoms with Gasteiger partial charge in [-0.05, 0) is 43.7 Å². The SMILES string of the molecule is COc1ccc(C)cc1NC(=O)c1csc(NC(=O)Nc2ccc(C)cc2)n1. The number of benzene rings is 2. The van der Waals surface area contributed by atoms with E-state index in [0.717, 1.165) is 11.1 Å². The number of nitrogens with zero attached hydrogens (tertiary/aromatic N) is 1. The summed E-state index contributed by atoms with van der Waals surface area (Å²) in [6, 6.07) is 12.5. The van der Waals surface area contributed by atoms with Crippen LogP contribution in [0.2, 0.25) is 0 Å². The van der Waals surface area contributed by atoms with E-state index >= 15 is 0 Å². The van der Waals surface area contributed by atoms with E-state index in [2.05, 4.69) is 20.9 Å². The Labute approximate surface area is 166 Å². The number of carbonyl (C=O) groups excluding carboxylic acids is 2. The summed E-state index contributed by atoms with van der Waals surface area (Å²) in [5.74, 6) is 0.178. The zero-order chi connectivity index (χ0) is 20.1. The largest absolute Gasteiger partial charge is 0.495 e. The lowest BCUT2D eigenvalue weighted by molar-refractivity contribution is 0.102. The summed E-state index contributed by atoms with van der Waals surface area (Å²) >= 11 is 1.17. The Morgan fingerprint density at radius 1 is 0.964 bits per heavy atom. The van der Waals surface area contributed by atoms with Gasteiger partial charge in [-0.2, -0.15) is 0 Å². The third-order valence-electron chi connectivity index (χ3n) is 3.87. The van der Waals surface area contributed by atoms with Crippen LogP contribution >= 0.6 is 11.3 Å². The van der Waals surface area contributed by atoms with E-state index in [-0.39, 0.29) is 11.6 Å². The van der Waals surface area contributed by atoms with E-state index in [1.165, 1.54) is 18.4 Å². The average molecular weight is 396 g/mol. The third-order valence-corrected chi connectivity index (χ3v) is 4.63. The molecule has 3 rings (SSSR count). The van der Waals surface area contributed by atoms with Crippen molar-refractivity contribution in [3.63, 3.8) is 0 Å². The highest BCUT2D eigenvalue weighted by molar-refractivity contribution is 7.14. The fourth-order valence-corrected chi connectivity index (χ4v) is 3.12. The molecular formula is C20H20N4O3S. The van der Waals surface area contributed by atoms with Crippen molar-refractivity contribution in [2.75, 3.05) is 23.1 Å². The molecule has 2 aromatic carbocycles. The van der Waals surface area contributed by atoms with Gasteiger partial charge < -0.3 is 15.4 Å². The summed E-state index contributed by atoms with van der Waals surface area (Å²) in [5.41, 5.74) is 3.53. The Hall–Kier alpha value is -3.39. The number of urea groups is 1. The van der Waals surface area contributed by atoms with Crippen LogP contribution in [0.1, 0.15) is 21.6 Å². The zero-order valence-electron chi connectivity index (χ0n) is 15.7. The van der Waals surface area contributed by atoms with E-state index in [9.17, 15) is 9.59 Å². The lowest BCUT2D eigenvalue weighted by atomic mass is 10.2. The molecule has 3 amide bonds. The molecule has 3 N–H and O–H groups in total. The first kappa shape index (κ1) is 19.4. The first-order valence-corrected chi connectivity index (χ1v) is 9.39. The van der Waals surface area contributed by atoms with Crippen molar-refractivity contribution in [3.05, 3.63) is 64.7 Å². The number of hydrogen-bond donors (Lipinski definition) is 3. The van der Waals surface area contributed by atoms with Crippen LogP contribution in [-0.4, -0.2) is 24.0 Å². The number of thiazole rings is 1. The summed E-state index contributed by atoms with van der Waals surface area (Å²) in [7, 11) is 1.54. The third kappa shape index (κ3) is 4.86. The maximum Gasteiger partial charge on any atom is 0.325 e. The monoisotopic (exact) mass is 396 g/mol. The van der Waals surface area contributed by atoms with Crippen molar-refractivity contribution >= 4 is 39.8 Å². The molecule has 0 saturated carbocycles. The van der Waals surface area contributed by atoms with E-state index in [1.54, 1.807) is 11.4 Å². The highest BCUT2D eigenvalue weighted by Crippen LogP contribution is 2.26. The van der Waals surface area contributed by atoms with Crippen LogP contribution in [0.5, 0.6) is 5.75 Å². The van der Waals surface area contributed by atoms with Crippen molar-refractivity contribution in [2.24, 2.45) is 0 Å². The number of aryl methyl sites for hydroxylation is 2. The van der Waals surface area contributed by atoms with Crippen LogP contribution in [0.4, 0.5) is 21.3 Å². The average Bonchev–Trinajstić information content (AvgIpc) is 3.12. The van der Waals surface area contributed by atoms with Gasteiger partial charge in [-0.25, -0.2) is 9.78 Å². The van der Waals surface area contributed by atoms with Crippen LogP contribution < -0.4 is 20.7 Å². The van der Waals surface area contributed by atoms with Crippen LogP contribution in [0.3, 0.4) is 0 Å². The molecule has 144 valence electrons. The molecule has 1 heterocycles. The van der Waals surface area contributed by atoms with E-state index in [1.807, 2.05) is 50.2 Å². The normalized spacial score (nSPS) is 10.2. The molecule has 0 unspecified atom stereocenters. The summed E-state index contributed by atoms with van der Waals surface area (Å²) in [5, 5.41) is 10.0. The zero-order valence-corrected chi connectivity index (χ0v) is 16.5. The number of rotatable bonds is 5. The van der Waals surface area contributed by atoms with Crippen LogP contribution in [-0.2, 0) is 0 Å². The number of methoxy groups -OCH3 is 1. The van der Waals surface area contributed by atoms with Gasteiger partial charge in [0.05, 0.1) is 12.8 Å². The van der Waals surface area contributed by atoms with Gasteiger partial charge in [0.1, 0.15) is 11.4 Å². The van der Waals surface area contributed by atoms with Crippen molar-refractivity contribution in [2.45, 2.75) is 13.8 Å². The van der Waals surface area contributed by atoms with E-state index < -0.39 is 6.03 Å². The minimum atomic E-state index is -0.425. The number of nitrogens with one attached hydrogen (secondary N) is 3. The topological polar surface area (TPSA) is 92.4 Å². The Balaban J connectivity index is 1.63. The molecule has 0 spiro atoms. The van der Waals surface area contributed by atoms with E-state index in [0.29, 0.717) is 22.3 Å². The number of hydrogen-bond acceptors (Lipinski definition) is 5. The Kier molecular flexibility index (Phi) is 5.90. The molecule has 8 heteroatoms. The molecule has 0 atom stereocenters. The highest BCUT2D eigenvalue weighted by Gasteiger charge is 2.15.